The Morgan fingerprint density at radius 1 is 1.27 bits per heavy atom. The minimum atomic E-state index is -0.506. The molecule has 3 N–H and O–H groups in total. The highest BCUT2D eigenvalue weighted by Crippen LogP contribution is 2.25. The lowest BCUT2D eigenvalue weighted by Crippen LogP contribution is -2.30. The van der Waals surface area contributed by atoms with E-state index in [2.05, 4.69) is 0 Å². The van der Waals surface area contributed by atoms with E-state index in [0.717, 1.165) is 11.4 Å². The van der Waals surface area contributed by atoms with Gasteiger partial charge in [0.2, 0.25) is 0 Å². The molecule has 0 heterocycles. The highest BCUT2D eigenvalue weighted by Gasteiger charge is 2.13. The van der Waals surface area contributed by atoms with Gasteiger partial charge < -0.3 is 4.31 Å². The fourth-order valence-corrected chi connectivity index (χ4v) is 2.83. The van der Waals surface area contributed by atoms with Gasteiger partial charge in [-0.15, -0.1) is 0 Å². The molecule has 0 aromatic heterocycles. The summed E-state index contributed by atoms with van der Waals surface area (Å²) in [5.41, 5.74) is 3.74. The first kappa shape index (κ1) is 16.3. The maximum atomic E-state index is 14.2. The van der Waals surface area contributed by atoms with Gasteiger partial charge in [-0.3, -0.25) is 10.2 Å². The summed E-state index contributed by atoms with van der Waals surface area (Å²) in [5.74, 6) is 5.01. The minimum absolute atomic E-state index is 0.207. The Bertz CT molecular complexity index is 637. The zero-order valence-corrected chi connectivity index (χ0v) is 13.1. The van der Waals surface area contributed by atoms with Crippen LogP contribution < -0.4 is 15.6 Å². The second kappa shape index (κ2) is 7.82. The van der Waals surface area contributed by atoms with Crippen LogP contribution in [0.1, 0.15) is 22.8 Å². The number of nitrogen functional groups attached to an aromatic ring is 1. The predicted molar refractivity (Wildman–Crippen MR) is 88.8 cm³/mol. The number of halogens is 1. The maximum absolute atomic E-state index is 14.2. The molecule has 2 aromatic rings. The van der Waals surface area contributed by atoms with Gasteiger partial charge in [-0.05, 0) is 36.2 Å². The number of rotatable bonds is 6. The summed E-state index contributed by atoms with van der Waals surface area (Å²) in [5, 5.41) is 0. The summed E-state index contributed by atoms with van der Waals surface area (Å²) in [6.07, 6.45) is 0. The van der Waals surface area contributed by atoms with Gasteiger partial charge in [0.1, 0.15) is 5.82 Å². The van der Waals surface area contributed by atoms with Crippen LogP contribution in [0, 0.1) is 5.82 Å². The Kier molecular flexibility index (Phi) is 5.80. The molecular weight excluding hydrogens is 301 g/mol. The van der Waals surface area contributed by atoms with Crippen molar-refractivity contribution in [3.05, 3.63) is 65.5 Å². The Balaban J connectivity index is 2.22. The highest BCUT2D eigenvalue weighted by atomic mass is 32.2. The second-order valence-corrected chi connectivity index (χ2v) is 5.85. The van der Waals surface area contributed by atoms with E-state index in [9.17, 15) is 9.18 Å². The molecule has 116 valence electrons. The first-order valence-corrected chi connectivity index (χ1v) is 7.84. The molecule has 0 aliphatic heterocycles. The van der Waals surface area contributed by atoms with Crippen LogP contribution in [0.3, 0.4) is 0 Å². The number of anilines is 1. The molecule has 2 aromatic carbocycles. The van der Waals surface area contributed by atoms with E-state index in [0.29, 0.717) is 12.1 Å². The smallest absolute Gasteiger partial charge is 0.265 e. The van der Waals surface area contributed by atoms with Crippen LogP contribution in [0.5, 0.6) is 0 Å². The van der Waals surface area contributed by atoms with E-state index in [4.69, 9.17) is 5.84 Å². The predicted octanol–water partition coefficient (Wildman–Crippen LogP) is 3.10. The molecule has 0 saturated heterocycles. The number of carbonyl (C=O) groups is 1. The van der Waals surface area contributed by atoms with Gasteiger partial charge in [0.25, 0.3) is 5.91 Å². The summed E-state index contributed by atoms with van der Waals surface area (Å²) >= 11 is 1.62. The first-order chi connectivity index (χ1) is 10.7. The average Bonchev–Trinajstić information content (AvgIpc) is 2.56. The van der Waals surface area contributed by atoms with Crippen LogP contribution in [-0.4, -0.2) is 11.7 Å². The van der Waals surface area contributed by atoms with Crippen LogP contribution in [-0.2, 0) is 6.54 Å². The third-order valence-electron chi connectivity index (χ3n) is 3.09. The Labute approximate surface area is 133 Å². The highest BCUT2D eigenvalue weighted by molar-refractivity contribution is 8.00. The summed E-state index contributed by atoms with van der Waals surface area (Å²) in [6.45, 7) is 2.46. The second-order valence-electron chi connectivity index (χ2n) is 4.57. The largest absolute Gasteiger partial charge is 0.312 e. The number of carbonyl (C=O) groups excluding carboxylic acids is 1. The molecule has 2 rings (SSSR count). The van der Waals surface area contributed by atoms with Gasteiger partial charge in [0.05, 0.1) is 6.54 Å². The summed E-state index contributed by atoms with van der Waals surface area (Å²) in [4.78, 5) is 11.4. The molecule has 0 aliphatic carbocycles. The summed E-state index contributed by atoms with van der Waals surface area (Å²) in [7, 11) is 0. The molecule has 0 atom stereocenters. The topological polar surface area (TPSA) is 58.4 Å². The van der Waals surface area contributed by atoms with Crippen LogP contribution in [0.15, 0.2) is 48.5 Å². The quantitative estimate of drug-likeness (QED) is 0.372. The first-order valence-electron chi connectivity index (χ1n) is 6.90. The number of hydrazine groups is 1. The lowest BCUT2D eigenvalue weighted by atomic mass is 10.1. The van der Waals surface area contributed by atoms with Crippen LogP contribution in [0.4, 0.5) is 10.1 Å². The molecular formula is C16H18FN3OS. The minimum Gasteiger partial charge on any atom is -0.312 e. The molecule has 4 nitrogen and oxygen atoms in total. The third kappa shape index (κ3) is 3.99. The zero-order valence-electron chi connectivity index (χ0n) is 12.3. The molecule has 1 amide bonds. The Hall–Kier alpha value is -2.05. The number of amides is 1. The van der Waals surface area contributed by atoms with Crippen molar-refractivity contribution in [2.75, 3.05) is 10.1 Å². The lowest BCUT2D eigenvalue weighted by molar-refractivity contribution is 0.0953. The van der Waals surface area contributed by atoms with Gasteiger partial charge in [0.15, 0.2) is 0 Å². The third-order valence-corrected chi connectivity index (χ3v) is 4.00. The number of benzene rings is 2. The van der Waals surface area contributed by atoms with E-state index in [1.807, 2.05) is 47.0 Å². The van der Waals surface area contributed by atoms with Crippen molar-refractivity contribution in [3.63, 3.8) is 0 Å². The van der Waals surface area contributed by atoms with E-state index >= 15 is 0 Å². The van der Waals surface area contributed by atoms with E-state index in [1.54, 1.807) is 24.1 Å². The molecule has 6 heteroatoms. The summed E-state index contributed by atoms with van der Waals surface area (Å²) < 4.78 is 16.2. The van der Waals surface area contributed by atoms with Crippen molar-refractivity contribution < 1.29 is 9.18 Å². The van der Waals surface area contributed by atoms with Crippen LogP contribution in [0.2, 0.25) is 0 Å². The molecule has 0 radical (unpaired) electrons. The molecule has 0 bridgehead atoms. The van der Waals surface area contributed by atoms with E-state index in [1.165, 1.54) is 6.07 Å². The fraction of sp³-hybridized carbons (Fsp3) is 0.188. The van der Waals surface area contributed by atoms with Crippen LogP contribution in [0.25, 0.3) is 0 Å². The van der Waals surface area contributed by atoms with Gasteiger partial charge >= 0.3 is 0 Å². The lowest BCUT2D eigenvalue weighted by Gasteiger charge is -2.23. The Morgan fingerprint density at radius 2 is 2.00 bits per heavy atom. The maximum Gasteiger partial charge on any atom is 0.265 e. The normalized spacial score (nSPS) is 10.3. The van der Waals surface area contributed by atoms with Gasteiger partial charge in [0, 0.05) is 22.6 Å². The Morgan fingerprint density at radius 3 is 2.59 bits per heavy atom. The fourth-order valence-electron chi connectivity index (χ4n) is 2.02. The zero-order chi connectivity index (χ0) is 15.9. The monoisotopic (exact) mass is 319 g/mol. The molecule has 0 fully saturated rings. The SMILES string of the molecule is CCSN(Cc1ccc(C(=O)NN)cc1F)c1ccccc1. The number of nitrogens with zero attached hydrogens (tertiary/aromatic N) is 1. The number of para-hydroxylation sites is 1. The molecule has 0 spiro atoms. The molecule has 0 unspecified atom stereocenters. The van der Waals surface area contributed by atoms with Gasteiger partial charge in [-0.25, -0.2) is 10.2 Å². The van der Waals surface area contributed by atoms with Gasteiger partial charge in [-0.2, -0.15) is 0 Å². The number of nitrogens with two attached hydrogens (primary N) is 1. The van der Waals surface area contributed by atoms with Crippen molar-refractivity contribution in [3.8, 4) is 0 Å². The van der Waals surface area contributed by atoms with Crippen molar-refractivity contribution >= 4 is 23.5 Å². The van der Waals surface area contributed by atoms with Crippen molar-refractivity contribution in [1.82, 2.24) is 5.43 Å². The van der Waals surface area contributed by atoms with E-state index in [-0.39, 0.29) is 5.56 Å². The standard InChI is InChI=1S/C16H18FN3OS/c1-2-22-20(14-6-4-3-5-7-14)11-13-9-8-12(10-15(13)17)16(21)19-18/h3-10H,2,11,18H2,1H3,(H,19,21). The average molecular weight is 319 g/mol. The number of hydrogen-bond acceptors (Lipinski definition) is 4. The van der Waals surface area contributed by atoms with Crippen molar-refractivity contribution in [1.29, 1.82) is 0 Å². The van der Waals surface area contributed by atoms with Gasteiger partial charge in [-0.1, -0.05) is 31.2 Å². The van der Waals surface area contributed by atoms with Crippen LogP contribution >= 0.6 is 11.9 Å². The molecule has 0 saturated carbocycles. The number of hydrogen-bond donors (Lipinski definition) is 2. The summed E-state index contributed by atoms with van der Waals surface area (Å²) in [6, 6.07) is 14.2. The van der Waals surface area contributed by atoms with Crippen molar-refractivity contribution in [2.24, 2.45) is 5.84 Å². The number of nitrogens with one attached hydrogen (secondary N) is 1. The van der Waals surface area contributed by atoms with Crippen molar-refractivity contribution in [2.45, 2.75) is 13.5 Å². The molecule has 22 heavy (non-hydrogen) atoms. The van der Waals surface area contributed by atoms with E-state index < -0.39 is 11.7 Å². The molecule has 0 aliphatic rings.